The number of ether oxygens (including phenoxy) is 1. The molecule has 3 aromatic rings. The number of para-hydroxylation sites is 1. The van der Waals surface area contributed by atoms with Crippen LogP contribution in [-0.4, -0.2) is 16.7 Å². The largest absolute Gasteiger partial charge is 0.497 e. The van der Waals surface area contributed by atoms with Gasteiger partial charge in [-0.3, -0.25) is 0 Å². The van der Waals surface area contributed by atoms with E-state index in [1.54, 1.807) is 7.11 Å². The van der Waals surface area contributed by atoms with Gasteiger partial charge in [0.1, 0.15) is 17.1 Å². The van der Waals surface area contributed by atoms with Crippen molar-refractivity contribution >= 4 is 16.7 Å². The normalized spacial score (nSPS) is 11.0. The molecule has 0 saturated carbocycles. The quantitative estimate of drug-likeness (QED) is 0.721. The molecule has 4 nitrogen and oxygen atoms in total. The van der Waals surface area contributed by atoms with Gasteiger partial charge in [0.25, 0.3) is 0 Å². The second-order valence-electron chi connectivity index (χ2n) is 5.39. The van der Waals surface area contributed by atoms with Crippen LogP contribution in [0.25, 0.3) is 22.4 Å². The van der Waals surface area contributed by atoms with E-state index < -0.39 is 0 Å². The lowest BCUT2D eigenvalue weighted by molar-refractivity contribution is 0.415. The molecule has 0 unspecified atom stereocenters. The molecule has 2 aromatic carbocycles. The summed E-state index contributed by atoms with van der Waals surface area (Å²) in [6, 6.07) is 14.0. The minimum absolute atomic E-state index is 0.719. The number of nitrogen functional groups attached to an aromatic ring is 1. The zero-order chi connectivity index (χ0) is 15.5. The molecule has 22 heavy (non-hydrogen) atoms. The summed E-state index contributed by atoms with van der Waals surface area (Å²) in [7, 11) is 1.68. The van der Waals surface area contributed by atoms with Crippen molar-refractivity contribution in [3.63, 3.8) is 0 Å². The lowest BCUT2D eigenvalue weighted by Gasteiger charge is -2.09. The molecule has 0 aliphatic carbocycles. The molecule has 3 rings (SSSR count). The van der Waals surface area contributed by atoms with E-state index >= 15 is 0 Å². The van der Waals surface area contributed by atoms with Crippen molar-refractivity contribution in [3.05, 3.63) is 42.5 Å². The third-order valence-corrected chi connectivity index (χ3v) is 3.87. The highest BCUT2D eigenvalue weighted by molar-refractivity contribution is 5.90. The van der Waals surface area contributed by atoms with Gasteiger partial charge in [-0.2, -0.15) is 0 Å². The third-order valence-electron chi connectivity index (χ3n) is 3.87. The van der Waals surface area contributed by atoms with Crippen molar-refractivity contribution in [1.29, 1.82) is 0 Å². The van der Waals surface area contributed by atoms with Crippen molar-refractivity contribution in [1.82, 2.24) is 9.55 Å². The van der Waals surface area contributed by atoms with Crippen LogP contribution >= 0.6 is 0 Å². The van der Waals surface area contributed by atoms with Gasteiger partial charge in [-0.05, 0) is 30.7 Å². The standard InChI is InChI=1S/C18H21N3O/c1-3-4-11-21-16-10-6-9-15(19)17(16)20-18(21)13-7-5-8-14(12-13)22-2/h5-10,12H,3-4,11,19H2,1-2H3. The number of imidazole rings is 1. The van der Waals surface area contributed by atoms with Crippen LogP contribution in [0.2, 0.25) is 0 Å². The Morgan fingerprint density at radius 3 is 2.77 bits per heavy atom. The van der Waals surface area contributed by atoms with Crippen LogP contribution in [-0.2, 0) is 6.54 Å². The highest BCUT2D eigenvalue weighted by atomic mass is 16.5. The summed E-state index contributed by atoms with van der Waals surface area (Å²) in [5.41, 5.74) is 9.83. The molecule has 114 valence electrons. The SMILES string of the molecule is CCCCn1c(-c2cccc(OC)c2)nc2c(N)cccc21. The lowest BCUT2D eigenvalue weighted by Crippen LogP contribution is -2.00. The van der Waals surface area contributed by atoms with Crippen molar-refractivity contribution in [3.8, 4) is 17.1 Å². The number of hydrogen-bond acceptors (Lipinski definition) is 3. The highest BCUT2D eigenvalue weighted by Crippen LogP contribution is 2.30. The van der Waals surface area contributed by atoms with Crippen LogP contribution in [0.15, 0.2) is 42.5 Å². The van der Waals surface area contributed by atoms with E-state index in [1.807, 2.05) is 30.3 Å². The lowest BCUT2D eigenvalue weighted by atomic mass is 10.2. The summed E-state index contributed by atoms with van der Waals surface area (Å²) in [5.74, 6) is 1.78. The second-order valence-corrected chi connectivity index (χ2v) is 5.39. The highest BCUT2D eigenvalue weighted by Gasteiger charge is 2.14. The molecule has 2 N–H and O–H groups in total. The molecule has 1 aromatic heterocycles. The van der Waals surface area contributed by atoms with Crippen LogP contribution in [0, 0.1) is 0 Å². The fourth-order valence-electron chi connectivity index (χ4n) is 2.69. The van der Waals surface area contributed by atoms with Crippen molar-refractivity contribution in [2.45, 2.75) is 26.3 Å². The molecule has 0 fully saturated rings. The van der Waals surface area contributed by atoms with Gasteiger partial charge in [-0.15, -0.1) is 0 Å². The fraction of sp³-hybridized carbons (Fsp3) is 0.278. The first-order valence-electron chi connectivity index (χ1n) is 7.63. The van der Waals surface area contributed by atoms with Crippen LogP contribution in [0.5, 0.6) is 5.75 Å². The van der Waals surface area contributed by atoms with Crippen LogP contribution in [0.1, 0.15) is 19.8 Å². The number of fused-ring (bicyclic) bond motifs is 1. The zero-order valence-electron chi connectivity index (χ0n) is 13.0. The van der Waals surface area contributed by atoms with Gasteiger partial charge in [0, 0.05) is 12.1 Å². The Morgan fingerprint density at radius 2 is 2.00 bits per heavy atom. The van der Waals surface area contributed by atoms with Gasteiger partial charge in [0.2, 0.25) is 0 Å². The van der Waals surface area contributed by atoms with Crippen LogP contribution < -0.4 is 10.5 Å². The first-order chi connectivity index (χ1) is 10.7. The number of hydrogen-bond donors (Lipinski definition) is 1. The smallest absolute Gasteiger partial charge is 0.141 e. The van der Waals surface area contributed by atoms with Gasteiger partial charge < -0.3 is 15.0 Å². The maximum absolute atomic E-state index is 6.10. The average molecular weight is 295 g/mol. The molecule has 0 aliphatic heterocycles. The number of aryl methyl sites for hydroxylation is 1. The first kappa shape index (κ1) is 14.4. The van der Waals surface area contributed by atoms with Gasteiger partial charge in [-0.1, -0.05) is 31.5 Å². The van der Waals surface area contributed by atoms with Gasteiger partial charge in [0.15, 0.2) is 0 Å². The Balaban J connectivity index is 2.20. The number of rotatable bonds is 5. The first-order valence-corrected chi connectivity index (χ1v) is 7.63. The Bertz CT molecular complexity index is 792. The van der Waals surface area contributed by atoms with E-state index in [0.717, 1.165) is 53.2 Å². The number of nitrogens with two attached hydrogens (primary N) is 1. The van der Waals surface area contributed by atoms with E-state index in [9.17, 15) is 0 Å². The molecule has 0 aliphatic rings. The number of anilines is 1. The third kappa shape index (κ3) is 2.52. The molecular weight excluding hydrogens is 274 g/mol. The number of benzene rings is 2. The molecule has 1 heterocycles. The molecule has 0 atom stereocenters. The van der Waals surface area contributed by atoms with Crippen molar-refractivity contribution in [2.75, 3.05) is 12.8 Å². The Hall–Kier alpha value is -2.49. The van der Waals surface area contributed by atoms with Gasteiger partial charge >= 0.3 is 0 Å². The van der Waals surface area contributed by atoms with Crippen molar-refractivity contribution in [2.24, 2.45) is 0 Å². The summed E-state index contributed by atoms with van der Waals surface area (Å²) < 4.78 is 7.59. The predicted octanol–water partition coefficient (Wildman–Crippen LogP) is 4.09. The Kier molecular flexibility index (Phi) is 4.00. The van der Waals surface area contributed by atoms with E-state index in [0.29, 0.717) is 0 Å². The van der Waals surface area contributed by atoms with E-state index in [4.69, 9.17) is 15.5 Å². The molecule has 4 heteroatoms. The molecule has 0 bridgehead atoms. The van der Waals surface area contributed by atoms with E-state index in [-0.39, 0.29) is 0 Å². The van der Waals surface area contributed by atoms with E-state index in [1.165, 1.54) is 0 Å². The predicted molar refractivity (Wildman–Crippen MR) is 91.0 cm³/mol. The summed E-state index contributed by atoms with van der Waals surface area (Å²) in [6.45, 7) is 3.13. The number of methoxy groups -OCH3 is 1. The molecule has 0 spiro atoms. The molecular formula is C18H21N3O. The molecule has 0 saturated heterocycles. The zero-order valence-corrected chi connectivity index (χ0v) is 13.0. The maximum Gasteiger partial charge on any atom is 0.141 e. The average Bonchev–Trinajstić information content (AvgIpc) is 2.93. The van der Waals surface area contributed by atoms with E-state index in [2.05, 4.69) is 23.6 Å². The number of aromatic nitrogens is 2. The summed E-state index contributed by atoms with van der Waals surface area (Å²) in [6.07, 6.45) is 2.25. The second kappa shape index (κ2) is 6.10. The Morgan fingerprint density at radius 1 is 1.18 bits per heavy atom. The molecule has 0 radical (unpaired) electrons. The molecule has 0 amide bonds. The minimum Gasteiger partial charge on any atom is -0.497 e. The van der Waals surface area contributed by atoms with Crippen LogP contribution in [0.4, 0.5) is 5.69 Å². The maximum atomic E-state index is 6.10. The van der Waals surface area contributed by atoms with Crippen molar-refractivity contribution < 1.29 is 4.74 Å². The summed E-state index contributed by atoms with van der Waals surface area (Å²) in [5, 5.41) is 0. The number of nitrogens with zero attached hydrogens (tertiary/aromatic N) is 2. The summed E-state index contributed by atoms with van der Waals surface area (Å²) >= 11 is 0. The van der Waals surface area contributed by atoms with Crippen LogP contribution in [0.3, 0.4) is 0 Å². The Labute approximate surface area is 130 Å². The summed E-state index contributed by atoms with van der Waals surface area (Å²) in [4.78, 5) is 4.79. The fourth-order valence-corrected chi connectivity index (χ4v) is 2.69. The monoisotopic (exact) mass is 295 g/mol. The van der Waals surface area contributed by atoms with Gasteiger partial charge in [0.05, 0.1) is 18.3 Å². The minimum atomic E-state index is 0.719. The van der Waals surface area contributed by atoms with Gasteiger partial charge in [-0.25, -0.2) is 4.98 Å². The number of unbranched alkanes of at least 4 members (excludes halogenated alkanes) is 1. The topological polar surface area (TPSA) is 53.1 Å².